The van der Waals surface area contributed by atoms with Crippen molar-refractivity contribution >= 4 is 28.7 Å². The smallest absolute Gasteiger partial charge is 0.191 e. The van der Waals surface area contributed by atoms with Crippen LogP contribution in [0.15, 0.2) is 23.3 Å². The highest BCUT2D eigenvalue weighted by Crippen LogP contribution is 2.21. The van der Waals surface area contributed by atoms with Gasteiger partial charge in [-0.1, -0.05) is 6.07 Å². The van der Waals surface area contributed by atoms with Crippen molar-refractivity contribution in [2.75, 3.05) is 5.01 Å². The topological polar surface area (TPSA) is 41.6 Å². The van der Waals surface area contributed by atoms with E-state index in [4.69, 9.17) is 18.0 Å². The first kappa shape index (κ1) is 12.6. The summed E-state index contributed by atoms with van der Waals surface area (Å²) in [6, 6.07) is 4.41. The third-order valence-electron chi connectivity index (χ3n) is 1.91. The van der Waals surface area contributed by atoms with Crippen LogP contribution >= 0.6 is 12.2 Å². The molecule has 5 heteroatoms. The van der Waals surface area contributed by atoms with Crippen LogP contribution in [0.1, 0.15) is 19.4 Å². The van der Waals surface area contributed by atoms with Crippen LogP contribution in [0, 0.1) is 12.7 Å². The summed E-state index contributed by atoms with van der Waals surface area (Å²) in [5.74, 6) is -0.342. The van der Waals surface area contributed by atoms with Gasteiger partial charge in [-0.15, -0.1) is 0 Å². The number of nitrogens with two attached hydrogens (primary N) is 1. The van der Waals surface area contributed by atoms with Crippen molar-refractivity contribution in [2.45, 2.75) is 20.8 Å². The van der Waals surface area contributed by atoms with Gasteiger partial charge in [-0.2, -0.15) is 5.10 Å². The van der Waals surface area contributed by atoms with E-state index >= 15 is 0 Å². The van der Waals surface area contributed by atoms with E-state index in [9.17, 15) is 4.39 Å². The predicted molar refractivity (Wildman–Crippen MR) is 69.2 cm³/mol. The number of nitrogens with zero attached hydrogens (tertiary/aromatic N) is 2. The summed E-state index contributed by atoms with van der Waals surface area (Å²) >= 11 is 4.89. The summed E-state index contributed by atoms with van der Waals surface area (Å²) in [6.45, 7) is 5.49. The number of hydrogen-bond acceptors (Lipinski definition) is 2. The van der Waals surface area contributed by atoms with Crippen LogP contribution in [-0.4, -0.2) is 10.8 Å². The van der Waals surface area contributed by atoms with Gasteiger partial charge in [0.25, 0.3) is 0 Å². The minimum Gasteiger partial charge on any atom is -0.374 e. The zero-order valence-corrected chi connectivity index (χ0v) is 10.3. The Balaban J connectivity index is 3.26. The number of hydrazone groups is 1. The van der Waals surface area contributed by atoms with E-state index in [2.05, 4.69) is 5.10 Å². The molecule has 0 unspecified atom stereocenters. The van der Waals surface area contributed by atoms with E-state index in [0.29, 0.717) is 5.69 Å². The standard InChI is InChI=1S/C11H14FN3S/c1-7(2)14-15(11(13)16)10-6-9(12)5-4-8(10)3/h4-6H,1-3H3,(H2,13,16). The van der Waals surface area contributed by atoms with Gasteiger partial charge >= 0.3 is 0 Å². The third-order valence-corrected chi connectivity index (χ3v) is 2.08. The summed E-state index contributed by atoms with van der Waals surface area (Å²) in [7, 11) is 0. The average molecular weight is 239 g/mol. The van der Waals surface area contributed by atoms with Crippen LogP contribution < -0.4 is 10.7 Å². The number of halogens is 1. The molecule has 0 fully saturated rings. The summed E-state index contributed by atoms with van der Waals surface area (Å²) in [6.07, 6.45) is 0. The van der Waals surface area contributed by atoms with Crippen molar-refractivity contribution in [1.29, 1.82) is 0 Å². The first-order valence-electron chi connectivity index (χ1n) is 4.79. The summed E-state index contributed by atoms with van der Waals surface area (Å²) in [4.78, 5) is 0. The van der Waals surface area contributed by atoms with Crippen molar-refractivity contribution in [3.8, 4) is 0 Å². The zero-order chi connectivity index (χ0) is 12.3. The van der Waals surface area contributed by atoms with Crippen molar-refractivity contribution in [3.63, 3.8) is 0 Å². The monoisotopic (exact) mass is 239 g/mol. The fraction of sp³-hybridized carbons (Fsp3) is 0.273. The molecule has 1 rings (SSSR count). The van der Waals surface area contributed by atoms with E-state index in [0.717, 1.165) is 11.3 Å². The Hall–Kier alpha value is -1.49. The second kappa shape index (κ2) is 5.03. The molecule has 0 amide bonds. The molecule has 16 heavy (non-hydrogen) atoms. The molecule has 0 saturated heterocycles. The lowest BCUT2D eigenvalue weighted by Gasteiger charge is -2.19. The molecule has 0 spiro atoms. The Morgan fingerprint density at radius 1 is 1.44 bits per heavy atom. The molecule has 2 N–H and O–H groups in total. The molecule has 0 aliphatic rings. The molecule has 3 nitrogen and oxygen atoms in total. The highest BCUT2D eigenvalue weighted by Gasteiger charge is 2.11. The van der Waals surface area contributed by atoms with Crippen molar-refractivity contribution < 1.29 is 4.39 Å². The van der Waals surface area contributed by atoms with Crippen LogP contribution in [0.25, 0.3) is 0 Å². The quantitative estimate of drug-likeness (QED) is 0.490. The molecule has 0 heterocycles. The molecule has 1 aromatic rings. The van der Waals surface area contributed by atoms with E-state index < -0.39 is 0 Å². The molecule has 0 radical (unpaired) electrons. The van der Waals surface area contributed by atoms with Gasteiger partial charge in [0, 0.05) is 5.71 Å². The largest absolute Gasteiger partial charge is 0.374 e. The second-order valence-corrected chi connectivity index (χ2v) is 4.05. The van der Waals surface area contributed by atoms with Crippen LogP contribution in [0.2, 0.25) is 0 Å². The van der Waals surface area contributed by atoms with E-state index in [-0.39, 0.29) is 10.9 Å². The van der Waals surface area contributed by atoms with Gasteiger partial charge in [-0.25, -0.2) is 9.40 Å². The van der Waals surface area contributed by atoms with Gasteiger partial charge in [-0.05, 0) is 50.7 Å². The Labute approximate surface area is 99.7 Å². The van der Waals surface area contributed by atoms with E-state index in [1.807, 2.05) is 20.8 Å². The zero-order valence-electron chi connectivity index (χ0n) is 9.49. The van der Waals surface area contributed by atoms with Crippen LogP contribution in [0.4, 0.5) is 10.1 Å². The lowest BCUT2D eigenvalue weighted by atomic mass is 10.2. The van der Waals surface area contributed by atoms with Gasteiger partial charge in [0.15, 0.2) is 5.11 Å². The minimum absolute atomic E-state index is 0.0925. The number of thiocarbonyl (C=S) groups is 1. The van der Waals surface area contributed by atoms with Gasteiger partial charge in [0.2, 0.25) is 0 Å². The minimum atomic E-state index is -0.342. The first-order valence-corrected chi connectivity index (χ1v) is 5.20. The first-order chi connectivity index (χ1) is 7.41. The fourth-order valence-electron chi connectivity index (χ4n) is 1.23. The van der Waals surface area contributed by atoms with E-state index in [1.165, 1.54) is 17.1 Å². The van der Waals surface area contributed by atoms with Gasteiger partial charge in [0.05, 0.1) is 5.69 Å². The molecular weight excluding hydrogens is 225 g/mol. The van der Waals surface area contributed by atoms with Gasteiger partial charge < -0.3 is 5.73 Å². The Kier molecular flexibility index (Phi) is 3.95. The highest BCUT2D eigenvalue weighted by molar-refractivity contribution is 7.80. The van der Waals surface area contributed by atoms with Crippen molar-refractivity contribution in [2.24, 2.45) is 10.8 Å². The lowest BCUT2D eigenvalue weighted by Crippen LogP contribution is -2.32. The molecule has 0 aromatic heterocycles. The predicted octanol–water partition coefficient (Wildman–Crippen LogP) is 2.58. The lowest BCUT2D eigenvalue weighted by molar-refractivity contribution is 0.627. The number of aryl methyl sites for hydroxylation is 1. The highest BCUT2D eigenvalue weighted by atomic mass is 32.1. The molecule has 0 aliphatic carbocycles. The fourth-order valence-corrected chi connectivity index (χ4v) is 1.37. The molecule has 0 saturated carbocycles. The van der Waals surface area contributed by atoms with Crippen LogP contribution in [0.5, 0.6) is 0 Å². The SMILES string of the molecule is CC(C)=NN(C(N)=S)c1cc(F)ccc1C. The molecular formula is C11H14FN3S. The number of benzene rings is 1. The van der Waals surface area contributed by atoms with Gasteiger partial charge in [-0.3, -0.25) is 0 Å². The van der Waals surface area contributed by atoms with Crippen molar-refractivity contribution in [3.05, 3.63) is 29.6 Å². The number of rotatable bonds is 2. The van der Waals surface area contributed by atoms with Crippen LogP contribution in [0.3, 0.4) is 0 Å². The maximum Gasteiger partial charge on any atom is 0.191 e. The summed E-state index contributed by atoms with van der Waals surface area (Å²) in [5.41, 5.74) is 7.78. The summed E-state index contributed by atoms with van der Waals surface area (Å²) < 4.78 is 13.1. The maximum absolute atomic E-state index is 13.1. The van der Waals surface area contributed by atoms with Crippen LogP contribution in [-0.2, 0) is 0 Å². The van der Waals surface area contributed by atoms with Crippen molar-refractivity contribution in [1.82, 2.24) is 0 Å². The molecule has 0 aliphatic heterocycles. The molecule has 0 bridgehead atoms. The third kappa shape index (κ3) is 3.00. The Morgan fingerprint density at radius 3 is 2.56 bits per heavy atom. The Bertz CT molecular complexity index is 439. The molecule has 1 aromatic carbocycles. The molecule has 86 valence electrons. The normalized spacial score (nSPS) is 9.75. The van der Waals surface area contributed by atoms with E-state index in [1.54, 1.807) is 6.07 Å². The van der Waals surface area contributed by atoms with Gasteiger partial charge in [0.1, 0.15) is 5.82 Å². The molecule has 0 atom stereocenters. The maximum atomic E-state index is 13.1. The average Bonchev–Trinajstić information content (AvgIpc) is 2.18. The Morgan fingerprint density at radius 2 is 2.06 bits per heavy atom. The second-order valence-electron chi connectivity index (χ2n) is 3.63. The number of anilines is 1. The summed E-state index contributed by atoms with van der Waals surface area (Å²) in [5, 5.41) is 5.62. The number of hydrogen-bond donors (Lipinski definition) is 1.